The fraction of sp³-hybridized carbons (Fsp3) is 0.300. The number of halogens is 1. The molecular formula is C20H21FN4O. The van der Waals surface area contributed by atoms with Crippen LogP contribution < -0.4 is 0 Å². The average molecular weight is 352 g/mol. The van der Waals surface area contributed by atoms with E-state index in [4.69, 9.17) is 0 Å². The summed E-state index contributed by atoms with van der Waals surface area (Å²) in [6, 6.07) is 13.0. The van der Waals surface area contributed by atoms with Crippen molar-refractivity contribution in [3.8, 4) is 0 Å². The summed E-state index contributed by atoms with van der Waals surface area (Å²) in [6.45, 7) is 3.94. The molecule has 3 aromatic rings. The molecule has 0 spiro atoms. The van der Waals surface area contributed by atoms with Gasteiger partial charge in [-0.1, -0.05) is 30.3 Å². The minimum absolute atomic E-state index is 0.150. The average Bonchev–Trinajstić information content (AvgIpc) is 3.00. The number of nitrogens with zero attached hydrogens (tertiary/aromatic N) is 3. The number of benzene rings is 2. The lowest BCUT2D eigenvalue weighted by atomic mass is 10.1. The highest BCUT2D eigenvalue weighted by Crippen LogP contribution is 2.20. The molecule has 6 heteroatoms. The Morgan fingerprint density at radius 2 is 1.96 bits per heavy atom. The number of H-pyrrole nitrogens is 1. The number of aromatic amines is 1. The Bertz CT molecular complexity index is 909. The van der Waals surface area contributed by atoms with E-state index in [1.54, 1.807) is 0 Å². The van der Waals surface area contributed by atoms with Gasteiger partial charge in [-0.15, -0.1) is 0 Å². The maximum Gasteiger partial charge on any atom is 0.256 e. The monoisotopic (exact) mass is 352 g/mol. The number of hydrogen-bond acceptors (Lipinski definition) is 3. The van der Waals surface area contributed by atoms with Gasteiger partial charge in [0.15, 0.2) is 0 Å². The zero-order valence-electron chi connectivity index (χ0n) is 14.5. The number of carbonyl (C=O) groups is 1. The molecular weight excluding hydrogens is 331 g/mol. The molecule has 1 aliphatic rings. The van der Waals surface area contributed by atoms with Crippen LogP contribution in [-0.2, 0) is 6.54 Å². The van der Waals surface area contributed by atoms with Crippen LogP contribution >= 0.6 is 0 Å². The van der Waals surface area contributed by atoms with E-state index in [1.807, 2.05) is 23.1 Å². The molecule has 26 heavy (non-hydrogen) atoms. The van der Waals surface area contributed by atoms with Crippen LogP contribution in [0.2, 0.25) is 0 Å². The Kier molecular flexibility index (Phi) is 4.67. The van der Waals surface area contributed by atoms with E-state index in [9.17, 15) is 9.18 Å². The Labute approximate surface area is 151 Å². The van der Waals surface area contributed by atoms with Crippen molar-refractivity contribution in [2.24, 2.45) is 0 Å². The topological polar surface area (TPSA) is 52.2 Å². The Balaban J connectivity index is 1.48. The van der Waals surface area contributed by atoms with E-state index < -0.39 is 5.82 Å². The maximum absolute atomic E-state index is 13.9. The molecule has 0 radical (unpaired) electrons. The van der Waals surface area contributed by atoms with Gasteiger partial charge in [0.05, 0.1) is 17.4 Å². The quantitative estimate of drug-likeness (QED) is 0.788. The molecule has 2 aromatic carbocycles. The molecule has 2 heterocycles. The maximum atomic E-state index is 13.9. The molecule has 0 aliphatic carbocycles. The Morgan fingerprint density at radius 3 is 2.81 bits per heavy atom. The molecule has 4 rings (SSSR count). The summed E-state index contributed by atoms with van der Waals surface area (Å²) in [5.41, 5.74) is 2.68. The van der Waals surface area contributed by atoms with Gasteiger partial charge in [0.2, 0.25) is 0 Å². The van der Waals surface area contributed by atoms with Crippen molar-refractivity contribution in [1.82, 2.24) is 19.8 Å². The number of amides is 1. The van der Waals surface area contributed by atoms with Gasteiger partial charge < -0.3 is 9.88 Å². The van der Waals surface area contributed by atoms with Gasteiger partial charge in [0, 0.05) is 32.7 Å². The molecule has 1 N–H and O–H groups in total. The molecule has 0 unspecified atom stereocenters. The number of hydrogen-bond donors (Lipinski definition) is 1. The third-order valence-corrected chi connectivity index (χ3v) is 4.84. The Morgan fingerprint density at radius 1 is 1.12 bits per heavy atom. The van der Waals surface area contributed by atoms with Crippen LogP contribution in [0.4, 0.5) is 4.39 Å². The third kappa shape index (κ3) is 3.46. The third-order valence-electron chi connectivity index (χ3n) is 4.84. The van der Waals surface area contributed by atoms with Gasteiger partial charge in [0.1, 0.15) is 11.3 Å². The van der Waals surface area contributed by atoms with Crippen LogP contribution in [0.1, 0.15) is 22.3 Å². The van der Waals surface area contributed by atoms with Crippen LogP contribution in [0.5, 0.6) is 0 Å². The number of imidazole rings is 1. The van der Waals surface area contributed by atoms with Gasteiger partial charge in [-0.3, -0.25) is 9.69 Å². The van der Waals surface area contributed by atoms with E-state index >= 15 is 0 Å². The summed E-state index contributed by atoms with van der Waals surface area (Å²) in [6.07, 6.45) is 2.39. The van der Waals surface area contributed by atoms with Crippen molar-refractivity contribution in [3.63, 3.8) is 0 Å². The Hall–Kier alpha value is -2.73. The number of carbonyl (C=O) groups excluding carboxylic acids is 1. The lowest BCUT2D eigenvalue weighted by Crippen LogP contribution is -2.35. The normalized spacial score (nSPS) is 16.0. The lowest BCUT2D eigenvalue weighted by Gasteiger charge is -2.22. The SMILES string of the molecule is O=C(c1cc(F)cc2[nH]cnc12)N1CCCN(Cc2ccccc2)CC1. The smallest absolute Gasteiger partial charge is 0.256 e. The highest BCUT2D eigenvalue weighted by molar-refractivity contribution is 6.04. The van der Waals surface area contributed by atoms with Crippen molar-refractivity contribution < 1.29 is 9.18 Å². The lowest BCUT2D eigenvalue weighted by molar-refractivity contribution is 0.0762. The van der Waals surface area contributed by atoms with Gasteiger partial charge in [0.25, 0.3) is 5.91 Å². The molecule has 0 saturated carbocycles. The first kappa shape index (κ1) is 16.7. The summed E-state index contributed by atoms with van der Waals surface area (Å²) in [4.78, 5) is 24.2. The summed E-state index contributed by atoms with van der Waals surface area (Å²) in [7, 11) is 0. The van der Waals surface area contributed by atoms with E-state index in [-0.39, 0.29) is 5.91 Å². The second kappa shape index (κ2) is 7.25. The summed E-state index contributed by atoms with van der Waals surface area (Å²) in [5, 5.41) is 0. The van der Waals surface area contributed by atoms with Crippen molar-refractivity contribution in [1.29, 1.82) is 0 Å². The standard InChI is InChI=1S/C20H21FN4O/c21-16-11-17(19-18(12-16)22-14-23-19)20(26)25-8-4-7-24(9-10-25)13-15-5-2-1-3-6-15/h1-3,5-6,11-12,14H,4,7-10,13H2,(H,22,23). The summed E-state index contributed by atoms with van der Waals surface area (Å²) in [5.74, 6) is -0.575. The van der Waals surface area contributed by atoms with E-state index in [1.165, 1.54) is 24.0 Å². The number of aromatic nitrogens is 2. The van der Waals surface area contributed by atoms with E-state index in [2.05, 4.69) is 27.0 Å². The highest BCUT2D eigenvalue weighted by Gasteiger charge is 2.23. The predicted molar refractivity (Wildman–Crippen MR) is 98.3 cm³/mol. The molecule has 1 fully saturated rings. The second-order valence-electron chi connectivity index (χ2n) is 6.66. The molecule has 0 atom stereocenters. The molecule has 1 amide bonds. The number of nitrogens with one attached hydrogen (secondary N) is 1. The molecule has 1 aromatic heterocycles. The fourth-order valence-electron chi connectivity index (χ4n) is 3.52. The second-order valence-corrected chi connectivity index (χ2v) is 6.66. The van der Waals surface area contributed by atoms with Gasteiger partial charge in [-0.2, -0.15) is 0 Å². The van der Waals surface area contributed by atoms with Crippen molar-refractivity contribution in [3.05, 3.63) is 65.7 Å². The molecule has 134 valence electrons. The van der Waals surface area contributed by atoms with Gasteiger partial charge in [-0.25, -0.2) is 9.37 Å². The largest absolute Gasteiger partial charge is 0.344 e. The predicted octanol–water partition coefficient (Wildman–Crippen LogP) is 3.05. The molecule has 5 nitrogen and oxygen atoms in total. The van der Waals surface area contributed by atoms with Crippen molar-refractivity contribution >= 4 is 16.9 Å². The van der Waals surface area contributed by atoms with Crippen LogP contribution in [0.15, 0.2) is 48.8 Å². The van der Waals surface area contributed by atoms with Crippen molar-refractivity contribution in [2.45, 2.75) is 13.0 Å². The van der Waals surface area contributed by atoms with Crippen LogP contribution in [0, 0.1) is 5.82 Å². The number of fused-ring (bicyclic) bond motifs is 1. The first-order valence-electron chi connectivity index (χ1n) is 8.89. The molecule has 1 saturated heterocycles. The zero-order chi connectivity index (χ0) is 17.9. The minimum atomic E-state index is -0.425. The van der Waals surface area contributed by atoms with E-state index in [0.717, 1.165) is 26.1 Å². The van der Waals surface area contributed by atoms with Crippen LogP contribution in [-0.4, -0.2) is 51.9 Å². The first-order chi connectivity index (χ1) is 12.7. The summed E-state index contributed by atoms with van der Waals surface area (Å²) < 4.78 is 13.9. The van der Waals surface area contributed by atoms with Crippen LogP contribution in [0.25, 0.3) is 11.0 Å². The van der Waals surface area contributed by atoms with Gasteiger partial charge >= 0.3 is 0 Å². The summed E-state index contributed by atoms with van der Waals surface area (Å²) >= 11 is 0. The molecule has 1 aliphatic heterocycles. The van der Waals surface area contributed by atoms with Crippen LogP contribution in [0.3, 0.4) is 0 Å². The first-order valence-corrected chi connectivity index (χ1v) is 8.89. The zero-order valence-corrected chi connectivity index (χ0v) is 14.5. The highest BCUT2D eigenvalue weighted by atomic mass is 19.1. The minimum Gasteiger partial charge on any atom is -0.344 e. The fourth-order valence-corrected chi connectivity index (χ4v) is 3.52. The molecule has 0 bridgehead atoms. The van der Waals surface area contributed by atoms with Crippen molar-refractivity contribution in [2.75, 3.05) is 26.2 Å². The number of rotatable bonds is 3. The van der Waals surface area contributed by atoms with E-state index in [0.29, 0.717) is 29.7 Å². The van der Waals surface area contributed by atoms with Gasteiger partial charge in [-0.05, 0) is 24.1 Å².